The molecule has 4 heteroatoms. The summed E-state index contributed by atoms with van der Waals surface area (Å²) in [6.07, 6.45) is 3.11. The molecule has 0 aliphatic rings. The summed E-state index contributed by atoms with van der Waals surface area (Å²) in [5, 5.41) is 9.62. The third-order valence-corrected chi connectivity index (χ3v) is 2.17. The van der Waals surface area contributed by atoms with Crippen molar-refractivity contribution in [3.05, 3.63) is 34.7 Å². The highest BCUT2D eigenvalue weighted by atomic mass is 79.9. The fraction of sp³-hybridized carbons (Fsp3) is 0. The van der Waals surface area contributed by atoms with Crippen LogP contribution in [0.2, 0.25) is 0 Å². The molecule has 0 amide bonds. The number of nitriles is 1. The molecule has 0 bridgehead atoms. The summed E-state index contributed by atoms with van der Waals surface area (Å²) in [6.45, 7) is 0. The molecular formula is C9H4BrN3. The Labute approximate surface area is 83.2 Å². The molecule has 0 radical (unpaired) electrons. The van der Waals surface area contributed by atoms with Crippen molar-refractivity contribution in [2.45, 2.75) is 0 Å². The molecule has 0 atom stereocenters. The number of benzene rings is 1. The van der Waals surface area contributed by atoms with E-state index in [1.165, 1.54) is 6.33 Å². The molecule has 62 valence electrons. The number of hydrogen-bond donors (Lipinski definition) is 0. The minimum atomic E-state index is 0.588. The van der Waals surface area contributed by atoms with Crippen molar-refractivity contribution >= 4 is 26.8 Å². The standard InChI is InChI=1S/C9H4BrN3/c10-7-1-6(3-11)8-4-12-5-13-9(8)2-7/h1-2,4-5H. The molecule has 0 aliphatic heterocycles. The van der Waals surface area contributed by atoms with E-state index in [9.17, 15) is 0 Å². The summed E-state index contributed by atoms with van der Waals surface area (Å²) in [7, 11) is 0. The van der Waals surface area contributed by atoms with E-state index in [2.05, 4.69) is 32.0 Å². The Morgan fingerprint density at radius 1 is 1.38 bits per heavy atom. The fourth-order valence-corrected chi connectivity index (χ4v) is 1.59. The van der Waals surface area contributed by atoms with Gasteiger partial charge in [-0.3, -0.25) is 0 Å². The van der Waals surface area contributed by atoms with E-state index < -0.39 is 0 Å². The van der Waals surface area contributed by atoms with Gasteiger partial charge in [0.15, 0.2) is 0 Å². The SMILES string of the molecule is N#Cc1cc(Br)cc2ncncc12. The molecule has 1 heterocycles. The second-order valence-electron chi connectivity index (χ2n) is 2.52. The number of halogens is 1. The molecule has 0 aliphatic carbocycles. The van der Waals surface area contributed by atoms with Crippen molar-refractivity contribution < 1.29 is 0 Å². The first kappa shape index (κ1) is 8.14. The lowest BCUT2D eigenvalue weighted by molar-refractivity contribution is 1.22. The van der Waals surface area contributed by atoms with Crippen LogP contribution in [0.3, 0.4) is 0 Å². The van der Waals surface area contributed by atoms with Gasteiger partial charge in [0.25, 0.3) is 0 Å². The van der Waals surface area contributed by atoms with Crippen LogP contribution in [0.15, 0.2) is 29.1 Å². The number of hydrogen-bond acceptors (Lipinski definition) is 3. The smallest absolute Gasteiger partial charge is 0.116 e. The van der Waals surface area contributed by atoms with Crippen molar-refractivity contribution in [3.8, 4) is 6.07 Å². The zero-order chi connectivity index (χ0) is 9.26. The molecule has 0 spiro atoms. The minimum absolute atomic E-state index is 0.588. The van der Waals surface area contributed by atoms with E-state index in [1.807, 2.05) is 6.07 Å². The van der Waals surface area contributed by atoms with Crippen LogP contribution >= 0.6 is 15.9 Å². The zero-order valence-corrected chi connectivity index (χ0v) is 8.12. The lowest BCUT2D eigenvalue weighted by Crippen LogP contribution is -1.85. The van der Waals surface area contributed by atoms with Gasteiger partial charge in [0.05, 0.1) is 17.1 Å². The molecule has 0 N–H and O–H groups in total. The van der Waals surface area contributed by atoms with Gasteiger partial charge in [-0.15, -0.1) is 0 Å². The molecule has 3 nitrogen and oxygen atoms in total. The van der Waals surface area contributed by atoms with Gasteiger partial charge >= 0.3 is 0 Å². The maximum Gasteiger partial charge on any atom is 0.116 e. The highest BCUT2D eigenvalue weighted by Crippen LogP contribution is 2.21. The van der Waals surface area contributed by atoms with E-state index in [-0.39, 0.29) is 0 Å². The molecule has 0 fully saturated rings. The summed E-state index contributed by atoms with van der Waals surface area (Å²) in [6, 6.07) is 5.72. The molecule has 0 saturated carbocycles. The van der Waals surface area contributed by atoms with Crippen LogP contribution in [0.25, 0.3) is 10.9 Å². The summed E-state index contributed by atoms with van der Waals surface area (Å²) in [4.78, 5) is 7.93. The lowest BCUT2D eigenvalue weighted by atomic mass is 10.1. The lowest BCUT2D eigenvalue weighted by Gasteiger charge is -1.98. The third kappa shape index (κ3) is 1.38. The number of nitrogens with zero attached hydrogens (tertiary/aromatic N) is 3. The van der Waals surface area contributed by atoms with Crippen molar-refractivity contribution in [1.82, 2.24) is 9.97 Å². The molecule has 0 unspecified atom stereocenters. The maximum absolute atomic E-state index is 8.83. The molecule has 2 aromatic rings. The summed E-state index contributed by atoms with van der Waals surface area (Å²) in [5.74, 6) is 0. The van der Waals surface area contributed by atoms with E-state index >= 15 is 0 Å². The predicted octanol–water partition coefficient (Wildman–Crippen LogP) is 2.26. The van der Waals surface area contributed by atoms with Crippen molar-refractivity contribution in [2.75, 3.05) is 0 Å². The van der Waals surface area contributed by atoms with Crippen LogP contribution < -0.4 is 0 Å². The molecule has 1 aromatic heterocycles. The Hall–Kier alpha value is -1.47. The van der Waals surface area contributed by atoms with Gasteiger partial charge in [-0.05, 0) is 12.1 Å². The van der Waals surface area contributed by atoms with Crippen LogP contribution in [0, 0.1) is 11.3 Å². The highest BCUT2D eigenvalue weighted by Gasteiger charge is 2.02. The van der Waals surface area contributed by atoms with Gasteiger partial charge in [-0.2, -0.15) is 5.26 Å². The van der Waals surface area contributed by atoms with Crippen LogP contribution in [0.5, 0.6) is 0 Å². The molecule has 1 aromatic carbocycles. The summed E-state index contributed by atoms with van der Waals surface area (Å²) in [5.41, 5.74) is 1.37. The van der Waals surface area contributed by atoms with Gasteiger partial charge in [-0.1, -0.05) is 15.9 Å². The second kappa shape index (κ2) is 3.11. The Morgan fingerprint density at radius 2 is 2.23 bits per heavy atom. The highest BCUT2D eigenvalue weighted by molar-refractivity contribution is 9.10. The third-order valence-electron chi connectivity index (χ3n) is 1.71. The first-order valence-electron chi connectivity index (χ1n) is 3.60. The van der Waals surface area contributed by atoms with Crippen molar-refractivity contribution in [2.24, 2.45) is 0 Å². The minimum Gasteiger partial charge on any atom is -0.244 e. The van der Waals surface area contributed by atoms with Gasteiger partial charge in [0.2, 0.25) is 0 Å². The Bertz CT molecular complexity index is 502. The maximum atomic E-state index is 8.83. The second-order valence-corrected chi connectivity index (χ2v) is 3.44. The predicted molar refractivity (Wildman–Crippen MR) is 52.0 cm³/mol. The summed E-state index contributed by atoms with van der Waals surface area (Å²) < 4.78 is 0.857. The van der Waals surface area contributed by atoms with E-state index in [0.29, 0.717) is 5.56 Å². The van der Waals surface area contributed by atoms with E-state index in [1.54, 1.807) is 12.3 Å². The average Bonchev–Trinajstić information content (AvgIpc) is 2.16. The number of fused-ring (bicyclic) bond motifs is 1. The van der Waals surface area contributed by atoms with Crippen LogP contribution in [-0.2, 0) is 0 Å². The molecule has 0 saturated heterocycles. The van der Waals surface area contributed by atoms with Crippen LogP contribution in [-0.4, -0.2) is 9.97 Å². The topological polar surface area (TPSA) is 49.6 Å². The van der Waals surface area contributed by atoms with E-state index in [4.69, 9.17) is 5.26 Å². The fourth-order valence-electron chi connectivity index (χ4n) is 1.14. The van der Waals surface area contributed by atoms with Crippen LogP contribution in [0.1, 0.15) is 5.56 Å². The zero-order valence-electron chi connectivity index (χ0n) is 6.53. The number of aromatic nitrogens is 2. The largest absolute Gasteiger partial charge is 0.244 e. The molecule has 2 rings (SSSR count). The van der Waals surface area contributed by atoms with Crippen molar-refractivity contribution in [3.63, 3.8) is 0 Å². The van der Waals surface area contributed by atoms with Gasteiger partial charge < -0.3 is 0 Å². The Kier molecular flexibility index (Phi) is 1.95. The molecule has 13 heavy (non-hydrogen) atoms. The monoisotopic (exact) mass is 233 g/mol. The number of rotatable bonds is 0. The van der Waals surface area contributed by atoms with Gasteiger partial charge in [0.1, 0.15) is 6.33 Å². The van der Waals surface area contributed by atoms with Gasteiger partial charge in [0, 0.05) is 16.1 Å². The first-order chi connectivity index (χ1) is 6.31. The quantitative estimate of drug-likeness (QED) is 0.702. The van der Waals surface area contributed by atoms with Gasteiger partial charge in [-0.25, -0.2) is 9.97 Å². The normalized spacial score (nSPS) is 9.85. The van der Waals surface area contributed by atoms with Crippen LogP contribution in [0.4, 0.5) is 0 Å². The molecular weight excluding hydrogens is 230 g/mol. The van der Waals surface area contributed by atoms with E-state index in [0.717, 1.165) is 15.4 Å². The first-order valence-corrected chi connectivity index (χ1v) is 4.40. The Balaban J connectivity index is 2.91. The average molecular weight is 234 g/mol. The van der Waals surface area contributed by atoms with Crippen molar-refractivity contribution in [1.29, 1.82) is 5.26 Å². The summed E-state index contributed by atoms with van der Waals surface area (Å²) >= 11 is 3.31. The Morgan fingerprint density at radius 3 is 3.00 bits per heavy atom.